The number of halogens is 3. The third-order valence-corrected chi connectivity index (χ3v) is 4.54. The van der Waals surface area contributed by atoms with Gasteiger partial charge in [-0.15, -0.1) is 0 Å². The lowest BCUT2D eigenvalue weighted by molar-refractivity contribution is 0.122. The molecule has 124 valence electrons. The van der Waals surface area contributed by atoms with Gasteiger partial charge < -0.3 is 9.64 Å². The van der Waals surface area contributed by atoms with Crippen LogP contribution in [0, 0.1) is 11.6 Å². The van der Waals surface area contributed by atoms with E-state index < -0.39 is 11.6 Å². The summed E-state index contributed by atoms with van der Waals surface area (Å²) in [6, 6.07) is 6.19. The average Bonchev–Trinajstić information content (AvgIpc) is 3.09. The predicted molar refractivity (Wildman–Crippen MR) is 89.5 cm³/mol. The van der Waals surface area contributed by atoms with Crippen molar-refractivity contribution in [3.05, 3.63) is 47.1 Å². The van der Waals surface area contributed by atoms with Crippen LogP contribution in [0.4, 0.5) is 14.5 Å². The van der Waals surface area contributed by atoms with Gasteiger partial charge in [-0.25, -0.2) is 8.78 Å². The van der Waals surface area contributed by atoms with E-state index in [0.717, 1.165) is 0 Å². The number of hydrogen-bond donors (Lipinski definition) is 1. The van der Waals surface area contributed by atoms with Crippen molar-refractivity contribution in [2.75, 3.05) is 31.2 Å². The lowest BCUT2D eigenvalue weighted by Gasteiger charge is -2.29. The number of fused-ring (bicyclic) bond motifs is 1. The minimum Gasteiger partial charge on any atom is -0.378 e. The van der Waals surface area contributed by atoms with Gasteiger partial charge in [-0.3, -0.25) is 5.10 Å². The third-order valence-electron chi connectivity index (χ3n) is 4.22. The van der Waals surface area contributed by atoms with Gasteiger partial charge in [0.05, 0.1) is 23.9 Å². The predicted octanol–water partition coefficient (Wildman–Crippen LogP) is 4.00. The molecule has 1 saturated heterocycles. The summed E-state index contributed by atoms with van der Waals surface area (Å²) in [7, 11) is 0. The first kappa shape index (κ1) is 15.4. The zero-order valence-electron chi connectivity index (χ0n) is 12.7. The Bertz CT molecular complexity index is 906. The number of morpholine rings is 1. The fourth-order valence-electron chi connectivity index (χ4n) is 2.98. The molecule has 4 rings (SSSR count). The Kier molecular flexibility index (Phi) is 3.86. The molecule has 24 heavy (non-hydrogen) atoms. The first-order valence-corrected chi connectivity index (χ1v) is 7.97. The zero-order valence-corrected chi connectivity index (χ0v) is 13.4. The normalized spacial score (nSPS) is 15.2. The fourth-order valence-corrected chi connectivity index (χ4v) is 3.23. The van der Waals surface area contributed by atoms with E-state index in [2.05, 4.69) is 10.2 Å². The Labute approximate surface area is 142 Å². The monoisotopic (exact) mass is 349 g/mol. The SMILES string of the molecule is Fc1cc(-c2cc(Cl)c3c[nH]nc3c2F)ccc1N1CCOCC1. The number of ether oxygens (including phenoxy) is 1. The van der Waals surface area contributed by atoms with Crippen LogP contribution in [-0.2, 0) is 4.74 Å². The lowest BCUT2D eigenvalue weighted by Crippen LogP contribution is -2.36. The van der Waals surface area contributed by atoms with Crippen molar-refractivity contribution in [1.29, 1.82) is 0 Å². The van der Waals surface area contributed by atoms with Crippen LogP contribution in [0.5, 0.6) is 0 Å². The van der Waals surface area contributed by atoms with E-state index >= 15 is 0 Å². The number of benzene rings is 2. The maximum absolute atomic E-state index is 14.7. The minimum absolute atomic E-state index is 0.148. The molecule has 0 radical (unpaired) electrons. The number of nitrogens with zero attached hydrogens (tertiary/aromatic N) is 2. The summed E-state index contributed by atoms with van der Waals surface area (Å²) in [4.78, 5) is 1.92. The molecule has 1 aromatic heterocycles. The number of nitrogens with one attached hydrogen (secondary N) is 1. The van der Waals surface area contributed by atoms with Gasteiger partial charge in [0.15, 0.2) is 5.82 Å². The van der Waals surface area contributed by atoms with Crippen LogP contribution in [0.2, 0.25) is 5.02 Å². The third kappa shape index (κ3) is 2.52. The lowest BCUT2D eigenvalue weighted by atomic mass is 10.0. The molecule has 0 saturated carbocycles. The molecule has 3 aromatic rings. The van der Waals surface area contributed by atoms with Crippen LogP contribution in [-0.4, -0.2) is 36.5 Å². The topological polar surface area (TPSA) is 41.2 Å². The second-order valence-corrected chi connectivity index (χ2v) is 6.04. The molecule has 4 nitrogen and oxygen atoms in total. The molecular weight excluding hydrogens is 336 g/mol. The largest absolute Gasteiger partial charge is 0.378 e. The number of rotatable bonds is 2. The van der Waals surface area contributed by atoms with Crippen LogP contribution in [0.1, 0.15) is 0 Å². The highest BCUT2D eigenvalue weighted by molar-refractivity contribution is 6.35. The first-order chi connectivity index (χ1) is 11.6. The van der Waals surface area contributed by atoms with Gasteiger partial charge in [0.1, 0.15) is 11.3 Å². The summed E-state index contributed by atoms with van der Waals surface area (Å²) < 4.78 is 34.5. The number of aromatic amines is 1. The summed E-state index contributed by atoms with van der Waals surface area (Å²) in [5.41, 5.74) is 1.30. The summed E-state index contributed by atoms with van der Waals surface area (Å²) in [5.74, 6) is -0.916. The second-order valence-electron chi connectivity index (χ2n) is 5.63. The first-order valence-electron chi connectivity index (χ1n) is 7.59. The van der Waals surface area contributed by atoms with E-state index in [1.54, 1.807) is 12.1 Å². The number of aromatic nitrogens is 2. The second kappa shape index (κ2) is 6.03. The van der Waals surface area contributed by atoms with E-state index in [1.807, 2.05) is 4.90 Å². The Balaban J connectivity index is 1.77. The maximum Gasteiger partial charge on any atom is 0.159 e. The van der Waals surface area contributed by atoms with E-state index in [9.17, 15) is 8.78 Å². The van der Waals surface area contributed by atoms with Crippen LogP contribution < -0.4 is 4.90 Å². The highest BCUT2D eigenvalue weighted by atomic mass is 35.5. The van der Waals surface area contributed by atoms with Crippen molar-refractivity contribution in [2.45, 2.75) is 0 Å². The van der Waals surface area contributed by atoms with E-state index in [0.29, 0.717) is 48.0 Å². The summed E-state index contributed by atoms with van der Waals surface area (Å²) >= 11 is 6.18. The summed E-state index contributed by atoms with van der Waals surface area (Å²) in [6.07, 6.45) is 1.53. The highest BCUT2D eigenvalue weighted by Crippen LogP contribution is 2.34. The van der Waals surface area contributed by atoms with Gasteiger partial charge in [0.25, 0.3) is 0 Å². The Morgan fingerprint density at radius 1 is 1.17 bits per heavy atom. The molecule has 2 heterocycles. The maximum atomic E-state index is 14.7. The summed E-state index contributed by atoms with van der Waals surface area (Å²) in [6.45, 7) is 2.41. The Hall–Kier alpha value is -2.18. The Morgan fingerprint density at radius 2 is 1.96 bits per heavy atom. The molecule has 0 atom stereocenters. The smallest absolute Gasteiger partial charge is 0.159 e. The molecule has 0 unspecified atom stereocenters. The molecule has 1 aliphatic rings. The minimum atomic E-state index is -0.519. The molecule has 1 N–H and O–H groups in total. The van der Waals surface area contributed by atoms with Crippen molar-refractivity contribution in [1.82, 2.24) is 10.2 Å². The van der Waals surface area contributed by atoms with Gasteiger partial charge in [-0.05, 0) is 23.8 Å². The van der Waals surface area contributed by atoms with Crippen LogP contribution >= 0.6 is 11.6 Å². The summed E-state index contributed by atoms with van der Waals surface area (Å²) in [5, 5.41) is 7.34. The zero-order chi connectivity index (χ0) is 16.7. The average molecular weight is 350 g/mol. The number of hydrogen-bond acceptors (Lipinski definition) is 3. The van der Waals surface area contributed by atoms with Gasteiger partial charge in [-0.2, -0.15) is 5.10 Å². The molecular formula is C17H14ClF2N3O. The van der Waals surface area contributed by atoms with E-state index in [-0.39, 0.29) is 11.1 Å². The molecule has 0 aliphatic carbocycles. The molecule has 2 aromatic carbocycles. The molecule has 0 bridgehead atoms. The van der Waals surface area contributed by atoms with Gasteiger partial charge >= 0.3 is 0 Å². The van der Waals surface area contributed by atoms with Crippen molar-refractivity contribution < 1.29 is 13.5 Å². The van der Waals surface area contributed by atoms with Crippen LogP contribution in [0.15, 0.2) is 30.5 Å². The fraction of sp³-hybridized carbons (Fsp3) is 0.235. The number of anilines is 1. The van der Waals surface area contributed by atoms with Gasteiger partial charge in [-0.1, -0.05) is 17.7 Å². The van der Waals surface area contributed by atoms with Crippen LogP contribution in [0.3, 0.4) is 0 Å². The van der Waals surface area contributed by atoms with Crippen molar-refractivity contribution in [2.24, 2.45) is 0 Å². The standard InChI is InChI=1S/C17H14ClF2N3O/c18-13-8-11(16(20)17-12(13)9-21-22-17)10-1-2-15(14(19)7-10)23-3-5-24-6-4-23/h1-2,7-9H,3-6H2,(H,21,22). The molecule has 0 spiro atoms. The van der Waals surface area contributed by atoms with Crippen molar-refractivity contribution in [3.8, 4) is 11.1 Å². The van der Waals surface area contributed by atoms with E-state index in [1.165, 1.54) is 18.3 Å². The molecule has 1 aliphatic heterocycles. The Morgan fingerprint density at radius 3 is 2.71 bits per heavy atom. The highest BCUT2D eigenvalue weighted by Gasteiger charge is 2.18. The van der Waals surface area contributed by atoms with Gasteiger partial charge in [0, 0.05) is 30.2 Å². The molecule has 1 fully saturated rings. The number of H-pyrrole nitrogens is 1. The molecule has 0 amide bonds. The molecule has 7 heteroatoms. The van der Waals surface area contributed by atoms with E-state index in [4.69, 9.17) is 16.3 Å². The van der Waals surface area contributed by atoms with Crippen molar-refractivity contribution in [3.63, 3.8) is 0 Å². The van der Waals surface area contributed by atoms with Crippen LogP contribution in [0.25, 0.3) is 22.0 Å². The van der Waals surface area contributed by atoms with Gasteiger partial charge in [0.2, 0.25) is 0 Å². The quantitative estimate of drug-likeness (QED) is 0.760. The van der Waals surface area contributed by atoms with Crippen molar-refractivity contribution >= 4 is 28.2 Å².